The van der Waals surface area contributed by atoms with Gasteiger partial charge in [-0.25, -0.2) is 0 Å². The lowest BCUT2D eigenvalue weighted by molar-refractivity contribution is -0.192. The number of nitrogens with zero attached hydrogens (tertiary/aromatic N) is 1. The fourth-order valence-electron chi connectivity index (χ4n) is 3.67. The van der Waals surface area contributed by atoms with Gasteiger partial charge in [0.15, 0.2) is 5.79 Å². The van der Waals surface area contributed by atoms with Gasteiger partial charge in [-0.3, -0.25) is 4.90 Å². The van der Waals surface area contributed by atoms with E-state index in [1.807, 2.05) is 6.92 Å². The molecule has 3 aliphatic rings. The molecule has 0 aromatic heterocycles. The number of aliphatic hydroxyl groups is 1. The number of hydrogen-bond acceptors (Lipinski definition) is 4. The summed E-state index contributed by atoms with van der Waals surface area (Å²) in [5.74, 6) is -0.291. The van der Waals surface area contributed by atoms with Crippen LogP contribution in [0.25, 0.3) is 0 Å². The third-order valence-corrected chi connectivity index (χ3v) is 4.69. The number of hydrogen-bond donors (Lipinski definition) is 1. The highest BCUT2D eigenvalue weighted by Gasteiger charge is 2.45. The Hall–Kier alpha value is -0.160. The van der Waals surface area contributed by atoms with E-state index in [9.17, 15) is 5.11 Å². The standard InChI is InChI=1S/C13H23NO3/c1-12(15)4-2-3-11(12)14-7-5-13(6-8-14)16-9-10-17-13/h11,15H,2-10H2,1H3. The van der Waals surface area contributed by atoms with Crippen LogP contribution in [0.2, 0.25) is 0 Å². The van der Waals surface area contributed by atoms with E-state index >= 15 is 0 Å². The van der Waals surface area contributed by atoms with Gasteiger partial charge in [0.05, 0.1) is 18.8 Å². The molecule has 17 heavy (non-hydrogen) atoms. The summed E-state index contributed by atoms with van der Waals surface area (Å²) >= 11 is 0. The largest absolute Gasteiger partial charge is 0.389 e. The van der Waals surface area contributed by atoms with Gasteiger partial charge >= 0.3 is 0 Å². The second-order valence-corrected chi connectivity index (χ2v) is 5.91. The average Bonchev–Trinajstić information content (AvgIpc) is 2.88. The van der Waals surface area contributed by atoms with Crippen molar-refractivity contribution < 1.29 is 14.6 Å². The first kappa shape index (κ1) is 11.9. The first-order chi connectivity index (χ1) is 8.11. The number of likely N-dealkylation sites (tertiary alicyclic amines) is 1. The Balaban J connectivity index is 1.61. The Labute approximate surface area is 103 Å². The summed E-state index contributed by atoms with van der Waals surface area (Å²) in [6, 6.07) is 0.334. The third-order valence-electron chi connectivity index (χ3n) is 4.69. The molecule has 4 nitrogen and oxygen atoms in total. The molecule has 2 unspecified atom stereocenters. The Kier molecular flexibility index (Phi) is 2.94. The molecule has 1 spiro atoms. The minimum atomic E-state index is -0.498. The highest BCUT2D eigenvalue weighted by molar-refractivity contribution is 4.97. The van der Waals surface area contributed by atoms with Crippen LogP contribution in [-0.2, 0) is 9.47 Å². The molecule has 4 heteroatoms. The molecule has 1 aliphatic carbocycles. The Morgan fingerprint density at radius 2 is 1.76 bits per heavy atom. The molecule has 1 saturated carbocycles. The van der Waals surface area contributed by atoms with E-state index in [1.165, 1.54) is 0 Å². The zero-order chi connectivity index (χ0) is 11.9. The maximum atomic E-state index is 10.4. The highest BCUT2D eigenvalue weighted by atomic mass is 16.7. The van der Waals surface area contributed by atoms with Crippen LogP contribution >= 0.6 is 0 Å². The Bertz CT molecular complexity index is 276. The molecule has 1 N–H and O–H groups in total. The SMILES string of the molecule is CC1(O)CCCC1N1CCC2(CC1)OCCO2. The molecule has 0 radical (unpaired) electrons. The molecule has 0 aromatic rings. The molecule has 0 amide bonds. The Morgan fingerprint density at radius 3 is 2.29 bits per heavy atom. The van der Waals surface area contributed by atoms with Gasteiger partial charge in [-0.1, -0.05) is 0 Å². The monoisotopic (exact) mass is 241 g/mol. The fourth-order valence-corrected chi connectivity index (χ4v) is 3.67. The molecule has 3 rings (SSSR count). The van der Waals surface area contributed by atoms with Gasteiger partial charge in [-0.05, 0) is 26.2 Å². The van der Waals surface area contributed by atoms with Crippen LogP contribution < -0.4 is 0 Å². The van der Waals surface area contributed by atoms with E-state index < -0.39 is 5.60 Å². The third kappa shape index (κ3) is 2.12. The first-order valence-corrected chi connectivity index (χ1v) is 6.86. The summed E-state index contributed by atoms with van der Waals surface area (Å²) in [5, 5.41) is 10.4. The molecule has 2 heterocycles. The second kappa shape index (κ2) is 4.19. The van der Waals surface area contributed by atoms with Gasteiger partial charge in [-0.15, -0.1) is 0 Å². The van der Waals surface area contributed by atoms with E-state index in [4.69, 9.17) is 9.47 Å². The van der Waals surface area contributed by atoms with Crippen LogP contribution in [0.5, 0.6) is 0 Å². The van der Waals surface area contributed by atoms with E-state index in [1.54, 1.807) is 0 Å². The van der Waals surface area contributed by atoms with Crippen LogP contribution in [0.4, 0.5) is 0 Å². The summed E-state index contributed by atoms with van der Waals surface area (Å²) < 4.78 is 11.5. The minimum absolute atomic E-state index is 0.291. The van der Waals surface area contributed by atoms with E-state index in [0.29, 0.717) is 6.04 Å². The lowest BCUT2D eigenvalue weighted by atomic mass is 9.95. The molecule has 98 valence electrons. The topological polar surface area (TPSA) is 41.9 Å². The second-order valence-electron chi connectivity index (χ2n) is 5.91. The van der Waals surface area contributed by atoms with Crippen molar-refractivity contribution in [1.29, 1.82) is 0 Å². The zero-order valence-corrected chi connectivity index (χ0v) is 10.7. The molecule has 2 aliphatic heterocycles. The molecular weight excluding hydrogens is 218 g/mol. The molecule has 2 saturated heterocycles. The fraction of sp³-hybridized carbons (Fsp3) is 1.00. The van der Waals surface area contributed by atoms with Gasteiger partial charge in [0, 0.05) is 32.0 Å². The Morgan fingerprint density at radius 1 is 1.12 bits per heavy atom. The summed E-state index contributed by atoms with van der Waals surface area (Å²) in [4.78, 5) is 2.43. The molecule has 3 fully saturated rings. The van der Waals surface area contributed by atoms with Crippen molar-refractivity contribution in [1.82, 2.24) is 4.90 Å². The lowest BCUT2D eigenvalue weighted by Crippen LogP contribution is -2.54. The maximum absolute atomic E-state index is 10.4. The summed E-state index contributed by atoms with van der Waals surface area (Å²) in [5.41, 5.74) is -0.498. The van der Waals surface area contributed by atoms with Gasteiger partial charge in [0.1, 0.15) is 0 Å². The molecule has 0 aromatic carbocycles. The van der Waals surface area contributed by atoms with Gasteiger partial charge in [-0.2, -0.15) is 0 Å². The summed E-state index contributed by atoms with van der Waals surface area (Å²) in [6.07, 6.45) is 5.10. The quantitative estimate of drug-likeness (QED) is 0.747. The van der Waals surface area contributed by atoms with E-state index in [2.05, 4.69) is 4.90 Å². The van der Waals surface area contributed by atoms with Crippen LogP contribution in [0.3, 0.4) is 0 Å². The van der Waals surface area contributed by atoms with Crippen molar-refractivity contribution in [3.63, 3.8) is 0 Å². The molecule has 0 bridgehead atoms. The summed E-state index contributed by atoms with van der Waals surface area (Å²) in [7, 11) is 0. The van der Waals surface area contributed by atoms with Gasteiger partial charge in [0.2, 0.25) is 0 Å². The molecule has 2 atom stereocenters. The minimum Gasteiger partial charge on any atom is -0.389 e. The van der Waals surface area contributed by atoms with Crippen LogP contribution in [0, 0.1) is 0 Å². The number of piperidine rings is 1. The van der Waals surface area contributed by atoms with Crippen molar-refractivity contribution in [2.45, 2.75) is 56.5 Å². The average molecular weight is 241 g/mol. The highest BCUT2D eigenvalue weighted by Crippen LogP contribution is 2.38. The number of ether oxygens (including phenoxy) is 2. The van der Waals surface area contributed by atoms with Crippen molar-refractivity contribution in [3.8, 4) is 0 Å². The van der Waals surface area contributed by atoms with Crippen molar-refractivity contribution >= 4 is 0 Å². The predicted octanol–water partition coefficient (Wildman–Crippen LogP) is 1.13. The first-order valence-electron chi connectivity index (χ1n) is 6.86. The lowest BCUT2D eigenvalue weighted by Gasteiger charge is -2.43. The van der Waals surface area contributed by atoms with Crippen molar-refractivity contribution in [2.24, 2.45) is 0 Å². The molecular formula is C13H23NO3. The van der Waals surface area contributed by atoms with Crippen LogP contribution in [0.15, 0.2) is 0 Å². The number of rotatable bonds is 1. The van der Waals surface area contributed by atoms with Crippen molar-refractivity contribution in [3.05, 3.63) is 0 Å². The van der Waals surface area contributed by atoms with Crippen LogP contribution in [-0.4, -0.2) is 53.7 Å². The van der Waals surface area contributed by atoms with E-state index in [-0.39, 0.29) is 5.79 Å². The maximum Gasteiger partial charge on any atom is 0.170 e. The van der Waals surface area contributed by atoms with Crippen molar-refractivity contribution in [2.75, 3.05) is 26.3 Å². The van der Waals surface area contributed by atoms with Gasteiger partial charge in [0.25, 0.3) is 0 Å². The smallest absolute Gasteiger partial charge is 0.170 e. The van der Waals surface area contributed by atoms with Gasteiger partial charge < -0.3 is 14.6 Å². The van der Waals surface area contributed by atoms with Crippen LogP contribution in [0.1, 0.15) is 39.0 Å². The van der Waals surface area contributed by atoms with E-state index in [0.717, 1.165) is 58.4 Å². The predicted molar refractivity (Wildman–Crippen MR) is 63.7 cm³/mol. The summed E-state index contributed by atoms with van der Waals surface area (Å²) in [6.45, 7) is 5.43. The normalized spacial score (nSPS) is 42.4. The zero-order valence-electron chi connectivity index (χ0n) is 10.7.